The van der Waals surface area contributed by atoms with Crippen LogP contribution in [0.4, 0.5) is 5.69 Å². The molecule has 0 heterocycles. The molecule has 3 amide bonds. The molecule has 8 heteroatoms. The fourth-order valence-electron chi connectivity index (χ4n) is 2.17. The van der Waals surface area contributed by atoms with Crippen LogP contribution in [-0.4, -0.2) is 36.3 Å². The topological polar surface area (TPSA) is 87.3 Å². The molecule has 0 radical (unpaired) electrons. The first-order valence-electron chi connectivity index (χ1n) is 8.19. The Bertz CT molecular complexity index is 812. The number of benzene rings is 2. The predicted molar refractivity (Wildman–Crippen MR) is 112 cm³/mol. The summed E-state index contributed by atoms with van der Waals surface area (Å²) in [5.74, 6) is -0.0624. The maximum Gasteiger partial charge on any atom is 0.251 e. The minimum atomic E-state index is -0.157. The van der Waals surface area contributed by atoms with Gasteiger partial charge in [0.05, 0.1) is 11.5 Å². The second-order valence-electron chi connectivity index (χ2n) is 5.60. The maximum absolute atomic E-state index is 11.9. The van der Waals surface area contributed by atoms with Crippen molar-refractivity contribution in [3.8, 4) is 0 Å². The van der Waals surface area contributed by atoms with Gasteiger partial charge in [-0.05, 0) is 35.9 Å². The first-order chi connectivity index (χ1) is 13.0. The molecule has 2 rings (SSSR count). The molecule has 0 bridgehead atoms. The normalized spacial score (nSPS) is 10.1. The Labute approximate surface area is 170 Å². The molecule has 0 unspecified atom stereocenters. The van der Waals surface area contributed by atoms with Gasteiger partial charge < -0.3 is 16.0 Å². The summed E-state index contributed by atoms with van der Waals surface area (Å²) in [6.45, 7) is 0.373. The van der Waals surface area contributed by atoms with E-state index in [2.05, 4.69) is 31.9 Å². The number of amides is 3. The number of thioether (sulfide) groups is 1. The van der Waals surface area contributed by atoms with Crippen molar-refractivity contribution in [1.29, 1.82) is 0 Å². The molecule has 27 heavy (non-hydrogen) atoms. The Morgan fingerprint density at radius 1 is 1.00 bits per heavy atom. The number of carbonyl (C=O) groups is 3. The smallest absolute Gasteiger partial charge is 0.251 e. The zero-order chi connectivity index (χ0) is 19.6. The van der Waals surface area contributed by atoms with E-state index in [0.717, 1.165) is 10.0 Å². The molecule has 0 spiro atoms. The highest BCUT2D eigenvalue weighted by molar-refractivity contribution is 9.10. The first kappa shape index (κ1) is 21.0. The lowest BCUT2D eigenvalue weighted by molar-refractivity contribution is -0.118. The number of halogens is 1. The fraction of sp³-hybridized carbons (Fsp3) is 0.211. The summed E-state index contributed by atoms with van der Waals surface area (Å²) in [6.07, 6.45) is 0. The van der Waals surface area contributed by atoms with Gasteiger partial charge >= 0.3 is 0 Å². The highest BCUT2D eigenvalue weighted by Gasteiger charge is 2.07. The van der Waals surface area contributed by atoms with Gasteiger partial charge in [0.2, 0.25) is 11.8 Å². The van der Waals surface area contributed by atoms with E-state index in [1.165, 1.54) is 11.8 Å². The molecule has 0 saturated carbocycles. The van der Waals surface area contributed by atoms with Gasteiger partial charge in [0, 0.05) is 29.3 Å². The predicted octanol–water partition coefficient (Wildman–Crippen LogP) is 2.80. The molecular formula is C19H20BrN3O3S. The lowest BCUT2D eigenvalue weighted by atomic mass is 10.1. The van der Waals surface area contributed by atoms with Crippen LogP contribution in [0.2, 0.25) is 0 Å². The summed E-state index contributed by atoms with van der Waals surface area (Å²) in [5.41, 5.74) is 2.17. The molecule has 0 aliphatic heterocycles. The first-order valence-corrected chi connectivity index (χ1v) is 10.1. The Balaban J connectivity index is 1.67. The van der Waals surface area contributed by atoms with Crippen molar-refractivity contribution in [1.82, 2.24) is 10.6 Å². The molecule has 0 aliphatic carbocycles. The Morgan fingerprint density at radius 3 is 2.37 bits per heavy atom. The second-order valence-corrected chi connectivity index (χ2v) is 7.51. The van der Waals surface area contributed by atoms with Crippen molar-refractivity contribution in [3.63, 3.8) is 0 Å². The molecular weight excluding hydrogens is 430 g/mol. The number of anilines is 1. The number of carbonyl (C=O) groups excluding carboxylic acids is 3. The van der Waals surface area contributed by atoms with Crippen LogP contribution < -0.4 is 16.0 Å². The van der Waals surface area contributed by atoms with Crippen molar-refractivity contribution < 1.29 is 14.4 Å². The third kappa shape index (κ3) is 7.44. The van der Waals surface area contributed by atoms with Crippen molar-refractivity contribution in [2.24, 2.45) is 0 Å². The Morgan fingerprint density at radius 2 is 1.70 bits per heavy atom. The summed E-state index contributed by atoms with van der Waals surface area (Å²) in [7, 11) is 1.58. The van der Waals surface area contributed by atoms with E-state index in [-0.39, 0.29) is 29.2 Å². The van der Waals surface area contributed by atoms with Crippen LogP contribution in [0.5, 0.6) is 0 Å². The maximum atomic E-state index is 11.9. The molecule has 2 aromatic rings. The lowest BCUT2D eigenvalue weighted by Crippen LogP contribution is -2.25. The zero-order valence-electron chi connectivity index (χ0n) is 14.8. The highest BCUT2D eigenvalue weighted by atomic mass is 79.9. The van der Waals surface area contributed by atoms with Gasteiger partial charge in [-0.15, -0.1) is 11.8 Å². The van der Waals surface area contributed by atoms with E-state index in [4.69, 9.17) is 0 Å². The van der Waals surface area contributed by atoms with E-state index < -0.39 is 0 Å². The molecule has 2 aromatic carbocycles. The summed E-state index contributed by atoms with van der Waals surface area (Å²) < 4.78 is 0.885. The quantitative estimate of drug-likeness (QED) is 0.578. The van der Waals surface area contributed by atoms with Gasteiger partial charge in [0.25, 0.3) is 5.91 Å². The monoisotopic (exact) mass is 449 g/mol. The number of hydrogen-bond donors (Lipinski definition) is 3. The SMILES string of the molecule is CNC(=O)c1ccc(CNC(=O)CSCC(=O)Nc2cccc(Br)c2)cc1. The van der Waals surface area contributed by atoms with Gasteiger partial charge in [0.1, 0.15) is 0 Å². The standard InChI is InChI=1S/C19H20BrN3O3S/c1-21-19(26)14-7-5-13(6-8-14)10-22-17(24)11-27-12-18(25)23-16-4-2-3-15(20)9-16/h2-9H,10-12H2,1H3,(H,21,26)(H,22,24)(H,23,25). The summed E-state index contributed by atoms with van der Waals surface area (Å²) in [4.78, 5) is 35.3. The highest BCUT2D eigenvalue weighted by Crippen LogP contribution is 2.16. The number of rotatable bonds is 8. The van der Waals surface area contributed by atoms with Crippen molar-refractivity contribution in [3.05, 3.63) is 64.1 Å². The van der Waals surface area contributed by atoms with Crippen LogP contribution >= 0.6 is 27.7 Å². The van der Waals surface area contributed by atoms with E-state index in [0.29, 0.717) is 17.8 Å². The van der Waals surface area contributed by atoms with E-state index in [1.807, 2.05) is 18.2 Å². The molecule has 0 saturated heterocycles. The van der Waals surface area contributed by atoms with Crippen LogP contribution in [-0.2, 0) is 16.1 Å². The van der Waals surface area contributed by atoms with Crippen LogP contribution in [0.1, 0.15) is 15.9 Å². The van der Waals surface area contributed by atoms with Crippen LogP contribution in [0.3, 0.4) is 0 Å². The van der Waals surface area contributed by atoms with E-state index >= 15 is 0 Å². The average Bonchev–Trinajstić information content (AvgIpc) is 2.66. The summed E-state index contributed by atoms with van der Waals surface area (Å²) in [5, 5.41) is 8.13. The molecule has 6 nitrogen and oxygen atoms in total. The van der Waals surface area contributed by atoms with Gasteiger partial charge in [-0.2, -0.15) is 0 Å². The summed E-state index contributed by atoms with van der Waals surface area (Å²) >= 11 is 4.59. The van der Waals surface area contributed by atoms with E-state index in [1.54, 1.807) is 37.4 Å². The van der Waals surface area contributed by atoms with Crippen molar-refractivity contribution >= 4 is 51.1 Å². The van der Waals surface area contributed by atoms with Crippen LogP contribution in [0, 0.1) is 0 Å². The van der Waals surface area contributed by atoms with Gasteiger partial charge in [-0.3, -0.25) is 14.4 Å². The van der Waals surface area contributed by atoms with Crippen LogP contribution in [0.25, 0.3) is 0 Å². The number of hydrogen-bond acceptors (Lipinski definition) is 4. The molecule has 142 valence electrons. The second kappa shape index (κ2) is 10.7. The fourth-order valence-corrected chi connectivity index (χ4v) is 3.22. The molecule has 0 fully saturated rings. The van der Waals surface area contributed by atoms with Crippen molar-refractivity contribution in [2.75, 3.05) is 23.9 Å². The molecule has 0 aromatic heterocycles. The van der Waals surface area contributed by atoms with Gasteiger partial charge in [0.15, 0.2) is 0 Å². The molecule has 0 aliphatic rings. The molecule has 0 atom stereocenters. The van der Waals surface area contributed by atoms with Crippen molar-refractivity contribution in [2.45, 2.75) is 6.54 Å². The third-order valence-electron chi connectivity index (χ3n) is 3.51. The largest absolute Gasteiger partial charge is 0.355 e. The minimum Gasteiger partial charge on any atom is -0.355 e. The molecule has 3 N–H and O–H groups in total. The third-order valence-corrected chi connectivity index (χ3v) is 4.93. The summed E-state index contributed by atoms with van der Waals surface area (Å²) in [6, 6.07) is 14.3. The van der Waals surface area contributed by atoms with E-state index in [9.17, 15) is 14.4 Å². The lowest BCUT2D eigenvalue weighted by Gasteiger charge is -2.07. The van der Waals surface area contributed by atoms with Gasteiger partial charge in [-0.25, -0.2) is 0 Å². The number of nitrogens with one attached hydrogen (secondary N) is 3. The zero-order valence-corrected chi connectivity index (χ0v) is 17.2. The Hall–Kier alpha value is -2.32. The minimum absolute atomic E-state index is 0.148. The van der Waals surface area contributed by atoms with Crippen LogP contribution in [0.15, 0.2) is 53.0 Å². The van der Waals surface area contributed by atoms with Gasteiger partial charge in [-0.1, -0.05) is 34.1 Å². The Kier molecular flexibility index (Phi) is 8.35. The average molecular weight is 450 g/mol.